The number of halogens is 2. The maximum absolute atomic E-state index is 9.01. The summed E-state index contributed by atoms with van der Waals surface area (Å²) in [5.74, 6) is -0.524. The summed E-state index contributed by atoms with van der Waals surface area (Å²) in [7, 11) is 0. The number of hydrogen-bond acceptors (Lipinski definition) is 2. The normalized spacial score (nSPS) is 9.80. The molecule has 0 saturated carbocycles. The minimum atomic E-state index is -0.295. The third-order valence-corrected chi connectivity index (χ3v) is 2.00. The molecule has 1 aromatic rings. The van der Waals surface area contributed by atoms with E-state index in [1.165, 1.54) is 6.07 Å². The Morgan fingerprint density at radius 1 is 1.20 bits per heavy atom. The Morgan fingerprint density at radius 3 is 2.30 bits per heavy atom. The highest BCUT2D eigenvalue weighted by atomic mass is 79.9. The predicted octanol–water partition coefficient (Wildman–Crippen LogP) is 2.51. The SMILES string of the molecule is Oc1c(Cl)ccc(Br)c1O. The van der Waals surface area contributed by atoms with Crippen LogP contribution in [0.1, 0.15) is 0 Å². The van der Waals surface area contributed by atoms with Crippen LogP contribution in [0, 0.1) is 0 Å². The van der Waals surface area contributed by atoms with E-state index in [-0.39, 0.29) is 16.5 Å². The van der Waals surface area contributed by atoms with Crippen LogP contribution < -0.4 is 0 Å². The Kier molecular flexibility index (Phi) is 2.06. The molecule has 0 aromatic heterocycles. The van der Waals surface area contributed by atoms with Crippen molar-refractivity contribution in [2.75, 3.05) is 0 Å². The van der Waals surface area contributed by atoms with Gasteiger partial charge in [0.15, 0.2) is 11.5 Å². The molecule has 0 saturated heterocycles. The quantitative estimate of drug-likeness (QED) is 0.664. The summed E-state index contributed by atoms with van der Waals surface area (Å²) >= 11 is 8.47. The number of rotatable bonds is 0. The molecule has 2 nitrogen and oxygen atoms in total. The van der Waals surface area contributed by atoms with Gasteiger partial charge < -0.3 is 10.2 Å². The average Bonchev–Trinajstić information content (AvgIpc) is 1.93. The molecule has 0 fully saturated rings. The second-order valence-electron chi connectivity index (χ2n) is 1.73. The molecule has 0 spiro atoms. The van der Waals surface area contributed by atoms with Crippen LogP contribution in [0.5, 0.6) is 11.5 Å². The molecule has 10 heavy (non-hydrogen) atoms. The standard InChI is InChI=1S/C6H4BrClO2/c7-3-1-2-4(8)6(10)5(3)9/h1-2,9-10H. The van der Waals surface area contributed by atoms with Gasteiger partial charge in [0.2, 0.25) is 0 Å². The van der Waals surface area contributed by atoms with Crippen molar-refractivity contribution in [1.82, 2.24) is 0 Å². The zero-order valence-corrected chi connectivity index (χ0v) is 7.15. The first-order chi connectivity index (χ1) is 4.63. The van der Waals surface area contributed by atoms with Gasteiger partial charge in [-0.15, -0.1) is 0 Å². The predicted molar refractivity (Wildman–Crippen MR) is 42.5 cm³/mol. The molecule has 4 heteroatoms. The van der Waals surface area contributed by atoms with E-state index in [4.69, 9.17) is 21.8 Å². The number of phenolic OH excluding ortho intramolecular Hbond substituents is 2. The molecular formula is C6H4BrClO2. The van der Waals surface area contributed by atoms with E-state index in [0.29, 0.717) is 4.47 Å². The van der Waals surface area contributed by atoms with Crippen LogP contribution in [-0.4, -0.2) is 10.2 Å². The van der Waals surface area contributed by atoms with Crippen molar-refractivity contribution in [3.63, 3.8) is 0 Å². The lowest BCUT2D eigenvalue weighted by Crippen LogP contribution is -1.71. The van der Waals surface area contributed by atoms with E-state index >= 15 is 0 Å². The van der Waals surface area contributed by atoms with Gasteiger partial charge in [0.25, 0.3) is 0 Å². The molecule has 0 heterocycles. The Morgan fingerprint density at radius 2 is 1.80 bits per heavy atom. The van der Waals surface area contributed by atoms with Gasteiger partial charge in [-0.25, -0.2) is 0 Å². The molecule has 0 atom stereocenters. The van der Waals surface area contributed by atoms with Crippen molar-refractivity contribution < 1.29 is 10.2 Å². The van der Waals surface area contributed by atoms with Crippen molar-refractivity contribution in [3.8, 4) is 11.5 Å². The summed E-state index contributed by atoms with van der Waals surface area (Å²) < 4.78 is 0.425. The van der Waals surface area contributed by atoms with Gasteiger partial charge >= 0.3 is 0 Å². The van der Waals surface area contributed by atoms with Crippen LogP contribution in [0.15, 0.2) is 16.6 Å². The molecule has 1 rings (SSSR count). The number of phenols is 2. The van der Waals surface area contributed by atoms with Crippen molar-refractivity contribution >= 4 is 27.5 Å². The maximum atomic E-state index is 9.01. The third-order valence-electron chi connectivity index (χ3n) is 1.05. The Bertz CT molecular complexity index is 235. The van der Waals surface area contributed by atoms with Crippen molar-refractivity contribution in [2.45, 2.75) is 0 Å². The Hall–Kier alpha value is -0.410. The van der Waals surface area contributed by atoms with Crippen LogP contribution in [0.2, 0.25) is 5.02 Å². The average molecular weight is 223 g/mol. The molecule has 0 aliphatic rings. The Balaban J connectivity index is 3.34. The fraction of sp³-hybridized carbons (Fsp3) is 0. The second kappa shape index (κ2) is 2.68. The summed E-state index contributed by atoms with van der Waals surface area (Å²) in [5.41, 5.74) is 0. The molecule has 54 valence electrons. The van der Waals surface area contributed by atoms with Crippen LogP contribution in [-0.2, 0) is 0 Å². The lowest BCUT2D eigenvalue weighted by Gasteiger charge is -2.00. The zero-order chi connectivity index (χ0) is 7.72. The number of aromatic hydroxyl groups is 2. The Labute approximate surface area is 71.2 Å². The van der Waals surface area contributed by atoms with Gasteiger partial charge in [0.05, 0.1) is 9.50 Å². The maximum Gasteiger partial charge on any atom is 0.177 e. The van der Waals surface area contributed by atoms with Gasteiger partial charge in [-0.2, -0.15) is 0 Å². The molecule has 0 unspecified atom stereocenters. The summed E-state index contributed by atoms with van der Waals surface area (Å²) in [6.45, 7) is 0. The van der Waals surface area contributed by atoms with Crippen LogP contribution >= 0.6 is 27.5 Å². The van der Waals surface area contributed by atoms with E-state index in [0.717, 1.165) is 0 Å². The van der Waals surface area contributed by atoms with Crippen LogP contribution in [0.3, 0.4) is 0 Å². The lowest BCUT2D eigenvalue weighted by atomic mass is 10.3. The molecular weight excluding hydrogens is 219 g/mol. The summed E-state index contributed by atoms with van der Waals surface area (Å²) in [6, 6.07) is 3.04. The molecule has 0 aliphatic carbocycles. The van der Waals surface area contributed by atoms with Crippen LogP contribution in [0.4, 0.5) is 0 Å². The van der Waals surface area contributed by atoms with E-state index < -0.39 is 0 Å². The van der Waals surface area contributed by atoms with Crippen LogP contribution in [0.25, 0.3) is 0 Å². The second-order valence-corrected chi connectivity index (χ2v) is 2.99. The largest absolute Gasteiger partial charge is 0.503 e. The monoisotopic (exact) mass is 222 g/mol. The van der Waals surface area contributed by atoms with Gasteiger partial charge in [0, 0.05) is 0 Å². The summed E-state index contributed by atoms with van der Waals surface area (Å²) in [5, 5.41) is 18.1. The van der Waals surface area contributed by atoms with Crippen molar-refractivity contribution in [3.05, 3.63) is 21.6 Å². The fourth-order valence-electron chi connectivity index (χ4n) is 0.530. The highest BCUT2D eigenvalue weighted by Gasteiger charge is 2.06. The topological polar surface area (TPSA) is 40.5 Å². The number of hydrogen-bond donors (Lipinski definition) is 2. The molecule has 0 radical (unpaired) electrons. The van der Waals surface area contributed by atoms with Gasteiger partial charge in [0.1, 0.15) is 0 Å². The molecule has 2 N–H and O–H groups in total. The van der Waals surface area contributed by atoms with Gasteiger partial charge in [-0.3, -0.25) is 0 Å². The van der Waals surface area contributed by atoms with E-state index in [1.54, 1.807) is 6.07 Å². The van der Waals surface area contributed by atoms with E-state index in [1.807, 2.05) is 0 Å². The third kappa shape index (κ3) is 1.20. The summed E-state index contributed by atoms with van der Waals surface area (Å²) in [6.07, 6.45) is 0. The lowest BCUT2D eigenvalue weighted by molar-refractivity contribution is 0.401. The zero-order valence-electron chi connectivity index (χ0n) is 4.81. The minimum absolute atomic E-state index is 0.140. The first-order valence-electron chi connectivity index (χ1n) is 2.49. The highest BCUT2D eigenvalue weighted by molar-refractivity contribution is 9.10. The first kappa shape index (κ1) is 7.69. The number of benzene rings is 1. The van der Waals surface area contributed by atoms with Gasteiger partial charge in [-0.05, 0) is 28.1 Å². The highest BCUT2D eigenvalue weighted by Crippen LogP contribution is 2.38. The van der Waals surface area contributed by atoms with E-state index in [9.17, 15) is 0 Å². The van der Waals surface area contributed by atoms with Gasteiger partial charge in [-0.1, -0.05) is 11.6 Å². The smallest absolute Gasteiger partial charge is 0.177 e. The molecule has 0 aliphatic heterocycles. The van der Waals surface area contributed by atoms with E-state index in [2.05, 4.69) is 15.9 Å². The summed E-state index contributed by atoms with van der Waals surface area (Å²) in [4.78, 5) is 0. The fourth-order valence-corrected chi connectivity index (χ4v) is 1.00. The molecule has 1 aromatic carbocycles. The van der Waals surface area contributed by atoms with Crippen molar-refractivity contribution in [2.24, 2.45) is 0 Å². The minimum Gasteiger partial charge on any atom is -0.503 e. The van der Waals surface area contributed by atoms with Crippen molar-refractivity contribution in [1.29, 1.82) is 0 Å². The molecule has 0 bridgehead atoms. The molecule has 0 amide bonds. The first-order valence-corrected chi connectivity index (χ1v) is 3.66.